The van der Waals surface area contributed by atoms with Gasteiger partial charge >= 0.3 is 0 Å². The second kappa shape index (κ2) is 8.27. The molecule has 2 heterocycles. The van der Waals surface area contributed by atoms with Crippen LogP contribution < -0.4 is 14.2 Å². The fourth-order valence-corrected chi connectivity index (χ4v) is 4.53. The molecule has 1 atom stereocenters. The molecule has 4 rings (SSSR count). The average molecular weight is 380 g/mol. The van der Waals surface area contributed by atoms with E-state index in [2.05, 4.69) is 41.3 Å². The highest BCUT2D eigenvalue weighted by atomic mass is 16.5. The average Bonchev–Trinajstić information content (AvgIpc) is 2.77. The van der Waals surface area contributed by atoms with Crippen LogP contribution in [0.1, 0.15) is 36.8 Å². The van der Waals surface area contributed by atoms with Crippen LogP contribution in [0.15, 0.2) is 42.5 Å². The Morgan fingerprint density at radius 2 is 1.54 bits per heavy atom. The molecule has 0 amide bonds. The molecule has 0 bridgehead atoms. The van der Waals surface area contributed by atoms with E-state index in [-0.39, 0.29) is 0 Å². The van der Waals surface area contributed by atoms with Crippen molar-refractivity contribution in [2.24, 2.45) is 0 Å². The van der Waals surface area contributed by atoms with Crippen molar-refractivity contribution in [2.75, 3.05) is 34.4 Å². The Kier molecular flexibility index (Phi) is 5.58. The van der Waals surface area contributed by atoms with Crippen molar-refractivity contribution in [3.05, 3.63) is 53.6 Å². The summed E-state index contributed by atoms with van der Waals surface area (Å²) in [6.07, 6.45) is 5.02. The van der Waals surface area contributed by atoms with E-state index in [9.17, 15) is 0 Å². The van der Waals surface area contributed by atoms with Gasteiger partial charge in [-0.2, -0.15) is 0 Å². The Morgan fingerprint density at radius 1 is 0.786 bits per heavy atom. The Morgan fingerprint density at radius 3 is 2.25 bits per heavy atom. The highest BCUT2D eigenvalue weighted by Crippen LogP contribution is 2.41. The van der Waals surface area contributed by atoms with Gasteiger partial charge in [0.15, 0.2) is 11.5 Å². The summed E-state index contributed by atoms with van der Waals surface area (Å²) in [5.41, 5.74) is 5.34. The Labute approximate surface area is 167 Å². The highest BCUT2D eigenvalue weighted by molar-refractivity contribution is 5.93. The number of ether oxygens (including phenoxy) is 3. The zero-order valence-corrected chi connectivity index (χ0v) is 17.0. The van der Waals surface area contributed by atoms with Gasteiger partial charge in [-0.05, 0) is 72.3 Å². The molecule has 0 spiro atoms. The Balaban J connectivity index is 1.80. The number of hydrogen-bond donors (Lipinski definition) is 0. The number of rotatable bonds is 5. The van der Waals surface area contributed by atoms with Crippen LogP contribution in [0.5, 0.6) is 17.2 Å². The standard InChI is InChI=1S/C24H29NO3/c1-26-20-10-7-17(8-11-20)21-15-19-6-4-5-13-25(19)16-22(21)18-9-12-23(27-2)24(14-18)28-3/h7-12,14,19H,4-6,13,15-16H2,1-3H3/t19-/m1/s1. The predicted molar refractivity (Wildman–Crippen MR) is 113 cm³/mol. The first-order valence-corrected chi connectivity index (χ1v) is 10.1. The zero-order chi connectivity index (χ0) is 19.5. The molecule has 2 aromatic rings. The summed E-state index contributed by atoms with van der Waals surface area (Å²) in [6, 6.07) is 15.4. The molecule has 0 unspecified atom stereocenters. The first kappa shape index (κ1) is 18.9. The van der Waals surface area contributed by atoms with Crippen molar-refractivity contribution in [1.82, 2.24) is 4.90 Å². The fraction of sp³-hybridized carbons (Fsp3) is 0.417. The van der Waals surface area contributed by atoms with Crippen LogP contribution in [-0.2, 0) is 0 Å². The van der Waals surface area contributed by atoms with Gasteiger partial charge in [0.25, 0.3) is 0 Å². The molecule has 0 saturated carbocycles. The molecule has 1 saturated heterocycles. The molecule has 4 heteroatoms. The van der Waals surface area contributed by atoms with E-state index in [4.69, 9.17) is 14.2 Å². The number of benzene rings is 2. The molecular weight excluding hydrogens is 350 g/mol. The number of fused-ring (bicyclic) bond motifs is 1. The van der Waals surface area contributed by atoms with E-state index < -0.39 is 0 Å². The lowest BCUT2D eigenvalue weighted by Gasteiger charge is -2.41. The fourth-order valence-electron chi connectivity index (χ4n) is 4.53. The maximum Gasteiger partial charge on any atom is 0.161 e. The molecular formula is C24H29NO3. The molecule has 2 aromatic carbocycles. The third-order valence-corrected chi connectivity index (χ3v) is 6.08. The van der Waals surface area contributed by atoms with Crippen LogP contribution in [0, 0.1) is 0 Å². The largest absolute Gasteiger partial charge is 0.497 e. The highest BCUT2D eigenvalue weighted by Gasteiger charge is 2.31. The third kappa shape index (κ3) is 3.61. The van der Waals surface area contributed by atoms with Gasteiger partial charge in [0, 0.05) is 12.6 Å². The molecule has 0 N–H and O–H groups in total. The zero-order valence-electron chi connectivity index (χ0n) is 17.0. The summed E-state index contributed by atoms with van der Waals surface area (Å²) in [5, 5.41) is 0. The van der Waals surface area contributed by atoms with Crippen molar-refractivity contribution in [3.63, 3.8) is 0 Å². The SMILES string of the molecule is COc1ccc(C2=C(c3ccc(OC)c(OC)c3)CN3CCCC[C@@H]3C2)cc1. The minimum absolute atomic E-state index is 0.648. The molecule has 0 radical (unpaired) electrons. The predicted octanol–water partition coefficient (Wildman–Crippen LogP) is 4.88. The summed E-state index contributed by atoms with van der Waals surface area (Å²) in [6.45, 7) is 2.18. The van der Waals surface area contributed by atoms with E-state index in [1.165, 1.54) is 48.1 Å². The number of piperidine rings is 1. The van der Waals surface area contributed by atoms with Gasteiger partial charge in [0.2, 0.25) is 0 Å². The maximum absolute atomic E-state index is 5.57. The lowest BCUT2D eigenvalue weighted by molar-refractivity contribution is 0.165. The van der Waals surface area contributed by atoms with E-state index in [1.807, 2.05) is 6.07 Å². The van der Waals surface area contributed by atoms with Gasteiger partial charge in [-0.25, -0.2) is 0 Å². The maximum atomic E-state index is 5.57. The molecule has 2 aliphatic heterocycles. The minimum atomic E-state index is 0.648. The van der Waals surface area contributed by atoms with Gasteiger partial charge in [0.05, 0.1) is 21.3 Å². The monoisotopic (exact) mass is 379 g/mol. The summed E-state index contributed by atoms with van der Waals surface area (Å²) >= 11 is 0. The molecule has 148 valence electrons. The normalized spacial score (nSPS) is 19.9. The van der Waals surface area contributed by atoms with Crippen molar-refractivity contribution in [2.45, 2.75) is 31.7 Å². The molecule has 1 fully saturated rings. The minimum Gasteiger partial charge on any atom is -0.497 e. The van der Waals surface area contributed by atoms with E-state index in [0.29, 0.717) is 6.04 Å². The third-order valence-electron chi connectivity index (χ3n) is 6.08. The molecule has 28 heavy (non-hydrogen) atoms. The summed E-state index contributed by atoms with van der Waals surface area (Å²) in [5.74, 6) is 2.44. The summed E-state index contributed by atoms with van der Waals surface area (Å²) < 4.78 is 16.4. The van der Waals surface area contributed by atoms with E-state index >= 15 is 0 Å². The van der Waals surface area contributed by atoms with Crippen molar-refractivity contribution in [3.8, 4) is 17.2 Å². The lowest BCUT2D eigenvalue weighted by Crippen LogP contribution is -2.43. The van der Waals surface area contributed by atoms with E-state index in [1.54, 1.807) is 21.3 Å². The number of methoxy groups -OCH3 is 3. The quantitative estimate of drug-likeness (QED) is 0.741. The van der Waals surface area contributed by atoms with Crippen molar-refractivity contribution >= 4 is 11.1 Å². The lowest BCUT2D eigenvalue weighted by atomic mass is 9.83. The van der Waals surface area contributed by atoms with Crippen LogP contribution in [0.4, 0.5) is 0 Å². The van der Waals surface area contributed by atoms with Gasteiger partial charge < -0.3 is 14.2 Å². The van der Waals surface area contributed by atoms with Crippen LogP contribution in [0.2, 0.25) is 0 Å². The topological polar surface area (TPSA) is 30.9 Å². The van der Waals surface area contributed by atoms with Crippen LogP contribution in [0.3, 0.4) is 0 Å². The van der Waals surface area contributed by atoms with Crippen molar-refractivity contribution < 1.29 is 14.2 Å². The second-order valence-electron chi connectivity index (χ2n) is 7.58. The first-order valence-electron chi connectivity index (χ1n) is 10.1. The molecule has 4 nitrogen and oxygen atoms in total. The molecule has 0 aliphatic carbocycles. The van der Waals surface area contributed by atoms with Crippen LogP contribution in [-0.4, -0.2) is 45.4 Å². The van der Waals surface area contributed by atoms with Gasteiger partial charge in [-0.15, -0.1) is 0 Å². The molecule has 0 aromatic heterocycles. The number of nitrogens with zero attached hydrogens (tertiary/aromatic N) is 1. The van der Waals surface area contributed by atoms with Gasteiger partial charge in [0.1, 0.15) is 5.75 Å². The number of hydrogen-bond acceptors (Lipinski definition) is 4. The Bertz CT molecular complexity index is 857. The summed E-state index contributed by atoms with van der Waals surface area (Å²) in [4.78, 5) is 2.66. The van der Waals surface area contributed by atoms with Crippen molar-refractivity contribution in [1.29, 1.82) is 0 Å². The van der Waals surface area contributed by atoms with Gasteiger partial charge in [-0.3, -0.25) is 4.90 Å². The van der Waals surface area contributed by atoms with Crippen LogP contribution >= 0.6 is 0 Å². The smallest absolute Gasteiger partial charge is 0.161 e. The summed E-state index contributed by atoms with van der Waals surface area (Å²) in [7, 11) is 5.09. The second-order valence-corrected chi connectivity index (χ2v) is 7.58. The Hall–Kier alpha value is -2.46. The molecule has 2 aliphatic rings. The van der Waals surface area contributed by atoms with E-state index in [0.717, 1.165) is 30.2 Å². The van der Waals surface area contributed by atoms with Crippen LogP contribution in [0.25, 0.3) is 11.1 Å². The van der Waals surface area contributed by atoms with Gasteiger partial charge in [-0.1, -0.05) is 24.6 Å². The first-order chi connectivity index (χ1) is 13.7.